The highest BCUT2D eigenvalue weighted by molar-refractivity contribution is 5.80. The molecule has 1 aromatic carbocycles. The molecule has 1 aliphatic carbocycles. The van der Waals surface area contributed by atoms with Gasteiger partial charge in [0.2, 0.25) is 5.91 Å². The Kier molecular flexibility index (Phi) is 4.36. The van der Waals surface area contributed by atoms with Gasteiger partial charge in [0, 0.05) is 37.3 Å². The van der Waals surface area contributed by atoms with Gasteiger partial charge in [-0.05, 0) is 44.0 Å². The Morgan fingerprint density at radius 2 is 1.82 bits per heavy atom. The van der Waals surface area contributed by atoms with Crippen molar-refractivity contribution in [3.63, 3.8) is 0 Å². The second-order valence-electron chi connectivity index (χ2n) is 6.16. The number of allylic oxidation sites excluding steroid dienone is 2. The number of methoxy groups -OCH3 is 1. The van der Waals surface area contributed by atoms with E-state index in [9.17, 15) is 4.79 Å². The van der Waals surface area contributed by atoms with Crippen molar-refractivity contribution in [2.75, 3.05) is 31.6 Å². The highest BCUT2D eigenvalue weighted by Crippen LogP contribution is 2.25. The zero-order valence-electron chi connectivity index (χ0n) is 13.4. The molecule has 0 saturated carbocycles. The van der Waals surface area contributed by atoms with Crippen LogP contribution in [0.3, 0.4) is 0 Å². The van der Waals surface area contributed by atoms with E-state index in [2.05, 4.69) is 41.0 Å². The molecule has 0 radical (unpaired) electrons. The van der Waals surface area contributed by atoms with E-state index in [-0.39, 0.29) is 12.0 Å². The van der Waals surface area contributed by atoms with E-state index < -0.39 is 0 Å². The van der Waals surface area contributed by atoms with Crippen LogP contribution in [0.15, 0.2) is 36.4 Å². The van der Waals surface area contributed by atoms with Crippen molar-refractivity contribution < 1.29 is 9.53 Å². The molecule has 0 unspecified atom stereocenters. The second kappa shape index (κ2) is 6.42. The molecule has 1 atom stereocenters. The maximum atomic E-state index is 12.6. The van der Waals surface area contributed by atoms with Gasteiger partial charge in [-0.25, -0.2) is 0 Å². The molecule has 0 N–H and O–H groups in total. The van der Waals surface area contributed by atoms with Crippen LogP contribution in [0.1, 0.15) is 19.8 Å². The first-order valence-electron chi connectivity index (χ1n) is 8.03. The minimum absolute atomic E-state index is 0.176. The zero-order valence-corrected chi connectivity index (χ0v) is 13.4. The van der Waals surface area contributed by atoms with E-state index in [0.29, 0.717) is 5.91 Å². The third kappa shape index (κ3) is 2.96. The Morgan fingerprint density at radius 3 is 2.41 bits per heavy atom. The Hall–Kier alpha value is -1.97. The van der Waals surface area contributed by atoms with Crippen LogP contribution in [0.5, 0.6) is 5.75 Å². The van der Waals surface area contributed by atoms with Crippen molar-refractivity contribution in [3.8, 4) is 5.75 Å². The van der Waals surface area contributed by atoms with Gasteiger partial charge in [-0.3, -0.25) is 4.79 Å². The molecule has 1 heterocycles. The van der Waals surface area contributed by atoms with Gasteiger partial charge < -0.3 is 14.5 Å². The number of rotatable bonds is 3. The number of amides is 1. The Labute approximate surface area is 132 Å². The lowest BCUT2D eigenvalue weighted by atomic mass is 10.0. The van der Waals surface area contributed by atoms with Crippen molar-refractivity contribution in [3.05, 3.63) is 36.4 Å². The van der Waals surface area contributed by atoms with Crippen LogP contribution >= 0.6 is 0 Å². The summed E-state index contributed by atoms with van der Waals surface area (Å²) in [5.41, 5.74) is 1.20. The molecule has 0 aromatic heterocycles. The van der Waals surface area contributed by atoms with Gasteiger partial charge in [0.25, 0.3) is 0 Å². The molecule has 4 heteroatoms. The fraction of sp³-hybridized carbons (Fsp3) is 0.500. The minimum Gasteiger partial charge on any atom is -0.497 e. The summed E-state index contributed by atoms with van der Waals surface area (Å²) in [6.07, 6.45) is 6.07. The molecule has 22 heavy (non-hydrogen) atoms. The van der Waals surface area contributed by atoms with E-state index >= 15 is 0 Å². The fourth-order valence-electron chi connectivity index (χ4n) is 3.37. The summed E-state index contributed by atoms with van der Waals surface area (Å²) in [5.74, 6) is 1.38. The van der Waals surface area contributed by atoms with E-state index in [0.717, 1.165) is 38.2 Å². The summed E-state index contributed by atoms with van der Waals surface area (Å²) >= 11 is 0. The van der Waals surface area contributed by atoms with E-state index in [1.165, 1.54) is 5.69 Å². The first kappa shape index (κ1) is 14.9. The standard InChI is InChI=1S/C18H24N2O2/c1-14-13-19(16-7-9-17(22-2)10-8-16)11-12-20(14)18(21)15-5-3-4-6-15/h3-4,7-10,14-15H,5-6,11-13H2,1-2H3/t14-/m1/s1. The van der Waals surface area contributed by atoms with Gasteiger partial charge in [0.1, 0.15) is 5.75 Å². The Bertz CT molecular complexity index is 545. The molecule has 1 aromatic rings. The third-order valence-electron chi connectivity index (χ3n) is 4.71. The molecular formula is C18H24N2O2. The number of carbonyl (C=O) groups excluding carboxylic acids is 1. The van der Waals surface area contributed by atoms with Gasteiger partial charge in [0.05, 0.1) is 7.11 Å². The smallest absolute Gasteiger partial charge is 0.226 e. The van der Waals surface area contributed by atoms with Crippen LogP contribution in [0.25, 0.3) is 0 Å². The Balaban J connectivity index is 1.62. The number of hydrogen-bond donors (Lipinski definition) is 0. The first-order chi connectivity index (χ1) is 10.7. The largest absolute Gasteiger partial charge is 0.497 e. The van der Waals surface area contributed by atoms with E-state index in [1.54, 1.807) is 7.11 Å². The maximum absolute atomic E-state index is 12.6. The maximum Gasteiger partial charge on any atom is 0.226 e. The van der Waals surface area contributed by atoms with Gasteiger partial charge in [-0.2, -0.15) is 0 Å². The molecule has 0 bridgehead atoms. The van der Waals surface area contributed by atoms with Crippen LogP contribution in [-0.2, 0) is 4.79 Å². The molecular weight excluding hydrogens is 276 g/mol. The van der Waals surface area contributed by atoms with Gasteiger partial charge in [-0.1, -0.05) is 12.2 Å². The van der Waals surface area contributed by atoms with Crippen molar-refractivity contribution in [1.29, 1.82) is 0 Å². The van der Waals surface area contributed by atoms with Crippen LogP contribution in [0.4, 0.5) is 5.69 Å². The summed E-state index contributed by atoms with van der Waals surface area (Å²) in [4.78, 5) is 17.0. The van der Waals surface area contributed by atoms with Crippen LogP contribution in [0, 0.1) is 5.92 Å². The van der Waals surface area contributed by atoms with E-state index in [1.807, 2.05) is 12.1 Å². The number of carbonyl (C=O) groups is 1. The molecule has 1 fully saturated rings. The lowest BCUT2D eigenvalue weighted by Gasteiger charge is -2.42. The summed E-state index contributed by atoms with van der Waals surface area (Å²) in [7, 11) is 1.68. The molecule has 4 nitrogen and oxygen atoms in total. The van der Waals surface area contributed by atoms with Crippen LogP contribution < -0.4 is 9.64 Å². The van der Waals surface area contributed by atoms with Crippen molar-refractivity contribution >= 4 is 11.6 Å². The van der Waals surface area contributed by atoms with Gasteiger partial charge in [0.15, 0.2) is 0 Å². The number of benzene rings is 1. The van der Waals surface area contributed by atoms with Gasteiger partial charge in [-0.15, -0.1) is 0 Å². The molecule has 3 rings (SSSR count). The van der Waals surface area contributed by atoms with Crippen molar-refractivity contribution in [2.45, 2.75) is 25.8 Å². The van der Waals surface area contributed by atoms with Crippen LogP contribution in [-0.4, -0.2) is 43.6 Å². The summed E-state index contributed by atoms with van der Waals surface area (Å²) in [6, 6.07) is 8.40. The molecule has 2 aliphatic rings. The Morgan fingerprint density at radius 1 is 1.14 bits per heavy atom. The quantitative estimate of drug-likeness (QED) is 0.805. The molecule has 118 valence electrons. The molecule has 1 saturated heterocycles. The van der Waals surface area contributed by atoms with Crippen molar-refractivity contribution in [1.82, 2.24) is 4.90 Å². The normalized spacial score (nSPS) is 22.2. The lowest BCUT2D eigenvalue weighted by molar-refractivity contribution is -0.137. The number of piperazine rings is 1. The molecule has 1 amide bonds. The molecule has 0 spiro atoms. The minimum atomic E-state index is 0.176. The molecule has 1 aliphatic heterocycles. The average Bonchev–Trinajstić information content (AvgIpc) is 3.09. The number of ether oxygens (including phenoxy) is 1. The van der Waals surface area contributed by atoms with Crippen LogP contribution in [0.2, 0.25) is 0 Å². The number of hydrogen-bond acceptors (Lipinski definition) is 3. The third-order valence-corrected chi connectivity index (χ3v) is 4.71. The monoisotopic (exact) mass is 300 g/mol. The summed E-state index contributed by atoms with van der Waals surface area (Å²) in [6.45, 7) is 4.74. The highest BCUT2D eigenvalue weighted by Gasteiger charge is 2.31. The number of anilines is 1. The predicted molar refractivity (Wildman–Crippen MR) is 88.2 cm³/mol. The fourth-order valence-corrected chi connectivity index (χ4v) is 3.37. The second-order valence-corrected chi connectivity index (χ2v) is 6.16. The predicted octanol–water partition coefficient (Wildman–Crippen LogP) is 2.70. The topological polar surface area (TPSA) is 32.8 Å². The van der Waals surface area contributed by atoms with Crippen molar-refractivity contribution in [2.24, 2.45) is 5.92 Å². The first-order valence-corrected chi connectivity index (χ1v) is 8.03. The summed E-state index contributed by atoms with van der Waals surface area (Å²) < 4.78 is 5.21. The number of nitrogens with zero attached hydrogens (tertiary/aromatic N) is 2. The average molecular weight is 300 g/mol. The lowest BCUT2D eigenvalue weighted by Crippen LogP contribution is -2.55. The van der Waals surface area contributed by atoms with Gasteiger partial charge >= 0.3 is 0 Å². The van der Waals surface area contributed by atoms with E-state index in [4.69, 9.17) is 4.74 Å². The highest BCUT2D eigenvalue weighted by atomic mass is 16.5. The summed E-state index contributed by atoms with van der Waals surface area (Å²) in [5, 5.41) is 0. The zero-order chi connectivity index (χ0) is 15.5. The SMILES string of the molecule is COc1ccc(N2CCN(C(=O)C3CC=CC3)[C@H](C)C2)cc1.